The summed E-state index contributed by atoms with van der Waals surface area (Å²) in [7, 11) is 4.19. The molecule has 6 heteroatoms. The molecule has 1 aromatic carbocycles. The summed E-state index contributed by atoms with van der Waals surface area (Å²) in [4.78, 5) is 12.4. The van der Waals surface area contributed by atoms with E-state index in [2.05, 4.69) is 62.4 Å². The summed E-state index contributed by atoms with van der Waals surface area (Å²) in [6.07, 6.45) is 6.56. The molecule has 0 radical (unpaired) electrons. The summed E-state index contributed by atoms with van der Waals surface area (Å²) < 4.78 is 0. The molecule has 3 heterocycles. The second-order valence-electron chi connectivity index (χ2n) is 8.87. The zero-order valence-corrected chi connectivity index (χ0v) is 20.4. The molecular formula is C23H38IN5. The lowest BCUT2D eigenvalue weighted by Crippen LogP contribution is -2.57. The van der Waals surface area contributed by atoms with Gasteiger partial charge >= 0.3 is 0 Å². The molecule has 5 nitrogen and oxygen atoms in total. The number of hydrogen-bond donors (Lipinski definition) is 1. The number of rotatable bonds is 4. The smallest absolute Gasteiger partial charge is 0.193 e. The Hall–Kier alpha value is -0.860. The second kappa shape index (κ2) is 11.0. The van der Waals surface area contributed by atoms with E-state index in [4.69, 9.17) is 0 Å². The van der Waals surface area contributed by atoms with E-state index in [1.807, 2.05) is 7.05 Å². The van der Waals surface area contributed by atoms with Gasteiger partial charge in [-0.05, 0) is 63.7 Å². The van der Waals surface area contributed by atoms with Crippen LogP contribution in [0.2, 0.25) is 0 Å². The van der Waals surface area contributed by atoms with Gasteiger partial charge in [-0.25, -0.2) is 0 Å². The minimum atomic E-state index is 0. The Kier molecular flexibility index (Phi) is 8.62. The predicted molar refractivity (Wildman–Crippen MR) is 132 cm³/mol. The molecule has 3 saturated heterocycles. The van der Waals surface area contributed by atoms with Gasteiger partial charge < -0.3 is 15.1 Å². The Labute approximate surface area is 193 Å². The molecule has 0 amide bonds. The average Bonchev–Trinajstić information content (AvgIpc) is 3.14. The lowest BCUT2D eigenvalue weighted by molar-refractivity contribution is 0.0372. The topological polar surface area (TPSA) is 34.1 Å². The number of fused-ring (bicyclic) bond motifs is 1. The largest absolute Gasteiger partial charge is 0.355 e. The van der Waals surface area contributed by atoms with Gasteiger partial charge in [0.05, 0.1) is 0 Å². The first-order chi connectivity index (χ1) is 13.7. The van der Waals surface area contributed by atoms with Crippen molar-refractivity contribution >= 4 is 29.9 Å². The van der Waals surface area contributed by atoms with E-state index in [1.54, 1.807) is 0 Å². The molecule has 1 N–H and O–H groups in total. The fourth-order valence-electron chi connectivity index (χ4n) is 5.49. The van der Waals surface area contributed by atoms with E-state index in [1.165, 1.54) is 50.8 Å². The van der Waals surface area contributed by atoms with Crippen LogP contribution in [0.15, 0.2) is 35.3 Å². The minimum Gasteiger partial charge on any atom is -0.355 e. The number of guanidine groups is 1. The van der Waals surface area contributed by atoms with E-state index in [0.717, 1.165) is 44.1 Å². The van der Waals surface area contributed by atoms with Crippen LogP contribution in [0.25, 0.3) is 0 Å². The Morgan fingerprint density at radius 3 is 2.59 bits per heavy atom. The highest BCUT2D eigenvalue weighted by molar-refractivity contribution is 14.0. The number of aliphatic imine (C=N–C) groups is 1. The van der Waals surface area contributed by atoms with Crippen LogP contribution < -0.4 is 5.32 Å². The Bertz CT molecular complexity index is 652. The van der Waals surface area contributed by atoms with Gasteiger partial charge in [0.1, 0.15) is 0 Å². The first-order valence-corrected chi connectivity index (χ1v) is 11.2. The monoisotopic (exact) mass is 511 g/mol. The standard InChI is InChI=1S/C23H37N5.HI/c1-24-23(25-16-21-11-7-13-26(21)2)28-15-12-22-20(18-28)10-6-14-27(22)17-19-8-4-3-5-9-19;/h3-5,8-9,20-22H,6-7,10-18H2,1-2H3,(H,24,25);1H. The number of nitrogens with zero attached hydrogens (tertiary/aromatic N) is 4. The summed E-state index contributed by atoms with van der Waals surface area (Å²) in [6, 6.07) is 12.4. The van der Waals surface area contributed by atoms with Crippen LogP contribution in [-0.4, -0.2) is 79.6 Å². The van der Waals surface area contributed by atoms with E-state index in [0.29, 0.717) is 6.04 Å². The van der Waals surface area contributed by atoms with Crippen molar-refractivity contribution in [3.8, 4) is 0 Å². The summed E-state index contributed by atoms with van der Waals surface area (Å²) in [5.74, 6) is 1.87. The highest BCUT2D eigenvalue weighted by Gasteiger charge is 2.36. The van der Waals surface area contributed by atoms with Crippen LogP contribution in [0.3, 0.4) is 0 Å². The van der Waals surface area contributed by atoms with Crippen LogP contribution >= 0.6 is 24.0 Å². The summed E-state index contributed by atoms with van der Waals surface area (Å²) in [6.45, 7) is 6.87. The lowest BCUT2D eigenvalue weighted by atomic mass is 9.83. The molecule has 1 aromatic rings. The van der Waals surface area contributed by atoms with Crippen LogP contribution in [0.5, 0.6) is 0 Å². The highest BCUT2D eigenvalue weighted by atomic mass is 127. The Balaban J connectivity index is 0.00000240. The molecule has 162 valence electrons. The average molecular weight is 511 g/mol. The van der Waals surface area contributed by atoms with Crippen molar-refractivity contribution in [1.82, 2.24) is 20.0 Å². The van der Waals surface area contributed by atoms with Crippen molar-refractivity contribution < 1.29 is 0 Å². The lowest BCUT2D eigenvalue weighted by Gasteiger charge is -2.48. The zero-order valence-electron chi connectivity index (χ0n) is 18.1. The van der Waals surface area contributed by atoms with Gasteiger partial charge in [-0.3, -0.25) is 9.89 Å². The van der Waals surface area contributed by atoms with Gasteiger partial charge in [0.15, 0.2) is 5.96 Å². The van der Waals surface area contributed by atoms with Gasteiger partial charge in [-0.1, -0.05) is 30.3 Å². The Morgan fingerprint density at radius 1 is 1.07 bits per heavy atom. The van der Waals surface area contributed by atoms with Crippen molar-refractivity contribution in [3.05, 3.63) is 35.9 Å². The number of likely N-dealkylation sites (N-methyl/N-ethyl adjacent to an activating group) is 1. The predicted octanol–water partition coefficient (Wildman–Crippen LogP) is 3.26. The summed E-state index contributed by atoms with van der Waals surface area (Å²) in [5.41, 5.74) is 1.45. The summed E-state index contributed by atoms with van der Waals surface area (Å²) in [5, 5.41) is 3.68. The normalized spacial score (nSPS) is 28.7. The van der Waals surface area contributed by atoms with E-state index in [9.17, 15) is 0 Å². The molecule has 3 atom stereocenters. The molecule has 3 aliphatic heterocycles. The molecule has 0 spiro atoms. The summed E-state index contributed by atoms with van der Waals surface area (Å²) >= 11 is 0. The van der Waals surface area contributed by atoms with Gasteiger partial charge in [0, 0.05) is 45.3 Å². The van der Waals surface area contributed by atoms with Crippen molar-refractivity contribution in [1.29, 1.82) is 0 Å². The number of benzene rings is 1. The molecule has 3 fully saturated rings. The van der Waals surface area contributed by atoms with E-state index in [-0.39, 0.29) is 24.0 Å². The molecule has 0 bridgehead atoms. The first kappa shape index (κ1) is 22.8. The fraction of sp³-hybridized carbons (Fsp3) is 0.696. The van der Waals surface area contributed by atoms with Gasteiger partial charge in [-0.2, -0.15) is 0 Å². The third kappa shape index (κ3) is 5.64. The maximum Gasteiger partial charge on any atom is 0.193 e. The molecule has 0 aromatic heterocycles. The fourth-order valence-corrected chi connectivity index (χ4v) is 5.49. The van der Waals surface area contributed by atoms with Gasteiger partial charge in [0.2, 0.25) is 0 Å². The van der Waals surface area contributed by atoms with Crippen LogP contribution in [-0.2, 0) is 6.54 Å². The maximum absolute atomic E-state index is 4.62. The minimum absolute atomic E-state index is 0. The first-order valence-electron chi connectivity index (χ1n) is 11.2. The highest BCUT2D eigenvalue weighted by Crippen LogP contribution is 2.31. The molecule has 3 unspecified atom stereocenters. The van der Waals surface area contributed by atoms with Gasteiger partial charge in [0.25, 0.3) is 0 Å². The SMILES string of the molecule is CN=C(NCC1CCCN1C)N1CCC2C(CCCN2Cc2ccccc2)C1.I. The molecule has 29 heavy (non-hydrogen) atoms. The molecule has 0 saturated carbocycles. The maximum atomic E-state index is 4.62. The van der Waals surface area contributed by atoms with Crippen molar-refractivity contribution in [3.63, 3.8) is 0 Å². The van der Waals surface area contributed by atoms with E-state index < -0.39 is 0 Å². The van der Waals surface area contributed by atoms with Crippen molar-refractivity contribution in [2.75, 3.05) is 46.8 Å². The number of piperidine rings is 2. The molecule has 4 rings (SSSR count). The number of halogens is 1. The number of nitrogens with one attached hydrogen (secondary N) is 1. The quantitative estimate of drug-likeness (QED) is 0.383. The third-order valence-electron chi connectivity index (χ3n) is 7.09. The Morgan fingerprint density at radius 2 is 1.86 bits per heavy atom. The third-order valence-corrected chi connectivity index (χ3v) is 7.09. The van der Waals surface area contributed by atoms with Crippen LogP contribution in [0.4, 0.5) is 0 Å². The van der Waals surface area contributed by atoms with Crippen molar-refractivity contribution in [2.45, 2.75) is 50.7 Å². The molecule has 0 aliphatic carbocycles. The number of likely N-dealkylation sites (tertiary alicyclic amines) is 3. The second-order valence-corrected chi connectivity index (χ2v) is 8.87. The van der Waals surface area contributed by atoms with Gasteiger partial charge in [-0.15, -0.1) is 24.0 Å². The molecular weight excluding hydrogens is 473 g/mol. The zero-order chi connectivity index (χ0) is 19.3. The number of hydrogen-bond acceptors (Lipinski definition) is 3. The molecule has 3 aliphatic rings. The van der Waals surface area contributed by atoms with Crippen LogP contribution in [0.1, 0.15) is 37.7 Å². The van der Waals surface area contributed by atoms with E-state index >= 15 is 0 Å². The van der Waals surface area contributed by atoms with Crippen LogP contribution in [0, 0.1) is 5.92 Å². The van der Waals surface area contributed by atoms with Crippen molar-refractivity contribution in [2.24, 2.45) is 10.9 Å².